The van der Waals surface area contributed by atoms with E-state index in [9.17, 15) is 9.59 Å². The van der Waals surface area contributed by atoms with Crippen molar-refractivity contribution < 1.29 is 9.59 Å². The van der Waals surface area contributed by atoms with Crippen LogP contribution >= 0.6 is 23.2 Å². The molecule has 0 radical (unpaired) electrons. The van der Waals surface area contributed by atoms with E-state index in [0.717, 1.165) is 16.0 Å². The maximum atomic E-state index is 12.7. The Morgan fingerprint density at radius 1 is 0.917 bits per heavy atom. The number of hydrogen-bond donors (Lipinski definition) is 1. The maximum absolute atomic E-state index is 12.7. The highest BCUT2D eigenvalue weighted by atomic mass is 35.5. The van der Waals surface area contributed by atoms with Crippen LogP contribution in [0.25, 0.3) is 0 Å². The molecule has 1 aliphatic heterocycles. The van der Waals surface area contributed by atoms with Crippen LogP contribution in [-0.4, -0.2) is 11.8 Å². The Morgan fingerprint density at radius 2 is 1.58 bits per heavy atom. The Labute approximate surface area is 149 Å². The monoisotopic (exact) mass is 360 g/mol. The SMILES string of the molecule is Cc1ccc(N2C(=O)C(Cl)=C(Nc3ccc(Cl)cc3C)C2=O)cc1. The van der Waals surface area contributed by atoms with Gasteiger partial charge in [0.25, 0.3) is 11.8 Å². The molecule has 0 fully saturated rings. The molecule has 0 spiro atoms. The number of nitrogens with zero attached hydrogens (tertiary/aromatic N) is 1. The Balaban J connectivity index is 1.93. The van der Waals surface area contributed by atoms with Gasteiger partial charge in [-0.25, -0.2) is 4.90 Å². The Kier molecular flexibility index (Phi) is 4.35. The van der Waals surface area contributed by atoms with Gasteiger partial charge in [-0.2, -0.15) is 0 Å². The van der Waals surface area contributed by atoms with Crippen LogP contribution in [0.1, 0.15) is 11.1 Å². The van der Waals surface area contributed by atoms with Gasteiger partial charge in [-0.1, -0.05) is 40.9 Å². The van der Waals surface area contributed by atoms with Gasteiger partial charge in [0.1, 0.15) is 10.7 Å². The van der Waals surface area contributed by atoms with Crippen molar-refractivity contribution in [2.24, 2.45) is 0 Å². The molecule has 0 aromatic heterocycles. The van der Waals surface area contributed by atoms with Crippen molar-refractivity contribution in [1.82, 2.24) is 0 Å². The molecule has 0 aliphatic carbocycles. The molecular formula is C18H14Cl2N2O2. The van der Waals surface area contributed by atoms with Crippen LogP contribution in [0.5, 0.6) is 0 Å². The van der Waals surface area contributed by atoms with Crippen molar-refractivity contribution in [3.8, 4) is 0 Å². The standard InChI is InChI=1S/C18H14Cl2N2O2/c1-10-3-6-13(7-4-10)22-17(23)15(20)16(18(22)24)21-14-8-5-12(19)9-11(14)2/h3-9,21H,1-2H3. The number of imide groups is 1. The summed E-state index contributed by atoms with van der Waals surface area (Å²) >= 11 is 12.0. The van der Waals surface area contributed by atoms with Crippen LogP contribution in [0, 0.1) is 13.8 Å². The third-order valence-electron chi connectivity index (χ3n) is 3.77. The summed E-state index contributed by atoms with van der Waals surface area (Å²) in [6.45, 7) is 3.78. The molecule has 2 amide bonds. The van der Waals surface area contributed by atoms with Gasteiger partial charge in [0, 0.05) is 10.7 Å². The van der Waals surface area contributed by atoms with E-state index in [2.05, 4.69) is 5.32 Å². The van der Waals surface area contributed by atoms with Gasteiger partial charge in [-0.15, -0.1) is 0 Å². The van der Waals surface area contributed by atoms with Crippen LogP contribution in [0.4, 0.5) is 11.4 Å². The van der Waals surface area contributed by atoms with E-state index in [-0.39, 0.29) is 10.7 Å². The van der Waals surface area contributed by atoms with Crippen LogP contribution < -0.4 is 10.2 Å². The average molecular weight is 361 g/mol. The molecule has 0 saturated heterocycles. The molecular weight excluding hydrogens is 347 g/mol. The zero-order chi connectivity index (χ0) is 17.4. The van der Waals surface area contributed by atoms with E-state index in [1.807, 2.05) is 26.0 Å². The van der Waals surface area contributed by atoms with Crippen LogP contribution in [0.15, 0.2) is 53.2 Å². The number of halogens is 2. The second-order valence-corrected chi connectivity index (χ2v) is 6.37. The minimum absolute atomic E-state index is 0.0627. The second kappa shape index (κ2) is 6.30. The van der Waals surface area contributed by atoms with Gasteiger partial charge in [-0.3, -0.25) is 9.59 Å². The Hall–Kier alpha value is -2.30. The number of carbonyl (C=O) groups excluding carboxylic acids is 2. The zero-order valence-corrected chi connectivity index (χ0v) is 14.6. The first-order chi connectivity index (χ1) is 11.4. The quantitative estimate of drug-likeness (QED) is 0.825. The van der Waals surface area contributed by atoms with Crippen molar-refractivity contribution in [3.63, 3.8) is 0 Å². The molecule has 2 aromatic carbocycles. The highest BCUT2D eigenvalue weighted by Gasteiger charge is 2.39. The Bertz CT molecular complexity index is 873. The molecule has 6 heteroatoms. The first-order valence-corrected chi connectivity index (χ1v) is 8.02. The van der Waals surface area contributed by atoms with E-state index in [0.29, 0.717) is 16.4 Å². The van der Waals surface area contributed by atoms with Crippen molar-refractivity contribution in [2.75, 3.05) is 10.2 Å². The summed E-state index contributed by atoms with van der Waals surface area (Å²) in [5.74, 6) is -1.03. The van der Waals surface area contributed by atoms with Gasteiger partial charge in [0.15, 0.2) is 0 Å². The van der Waals surface area contributed by atoms with E-state index >= 15 is 0 Å². The third kappa shape index (κ3) is 2.90. The van der Waals surface area contributed by atoms with Gasteiger partial charge in [-0.05, 0) is 49.7 Å². The van der Waals surface area contributed by atoms with Crippen LogP contribution in [0.2, 0.25) is 5.02 Å². The number of anilines is 2. The summed E-state index contributed by atoms with van der Waals surface area (Å²) in [6.07, 6.45) is 0. The largest absolute Gasteiger partial charge is 0.349 e. The van der Waals surface area contributed by atoms with Crippen molar-refractivity contribution in [3.05, 3.63) is 69.3 Å². The number of carbonyl (C=O) groups is 2. The fraction of sp³-hybridized carbons (Fsp3) is 0.111. The summed E-state index contributed by atoms with van der Waals surface area (Å²) in [6, 6.07) is 12.3. The van der Waals surface area contributed by atoms with Gasteiger partial charge >= 0.3 is 0 Å². The van der Waals surface area contributed by atoms with Gasteiger partial charge in [0.2, 0.25) is 0 Å². The van der Waals surface area contributed by atoms with E-state index < -0.39 is 11.8 Å². The minimum atomic E-state index is -0.542. The average Bonchev–Trinajstić information content (AvgIpc) is 2.74. The van der Waals surface area contributed by atoms with Crippen molar-refractivity contribution in [2.45, 2.75) is 13.8 Å². The first-order valence-electron chi connectivity index (χ1n) is 7.27. The number of hydrogen-bond acceptors (Lipinski definition) is 3. The lowest BCUT2D eigenvalue weighted by Gasteiger charge is -2.15. The lowest BCUT2D eigenvalue weighted by atomic mass is 10.2. The van der Waals surface area contributed by atoms with Crippen LogP contribution in [0.3, 0.4) is 0 Å². The molecule has 1 N–H and O–H groups in total. The number of rotatable bonds is 3. The molecule has 3 rings (SSSR count). The molecule has 1 heterocycles. The fourth-order valence-corrected chi connectivity index (χ4v) is 2.88. The molecule has 0 bridgehead atoms. The third-order valence-corrected chi connectivity index (χ3v) is 4.35. The minimum Gasteiger partial charge on any atom is -0.349 e. The number of amides is 2. The number of benzene rings is 2. The van der Waals surface area contributed by atoms with E-state index in [1.54, 1.807) is 30.3 Å². The lowest BCUT2D eigenvalue weighted by Crippen LogP contribution is -2.32. The summed E-state index contributed by atoms with van der Waals surface area (Å²) in [4.78, 5) is 26.1. The number of aryl methyl sites for hydroxylation is 2. The van der Waals surface area contributed by atoms with Crippen molar-refractivity contribution in [1.29, 1.82) is 0 Å². The Morgan fingerprint density at radius 3 is 2.21 bits per heavy atom. The first kappa shape index (κ1) is 16.6. The predicted molar refractivity (Wildman–Crippen MR) is 96.4 cm³/mol. The molecule has 2 aromatic rings. The van der Waals surface area contributed by atoms with E-state index in [1.165, 1.54) is 0 Å². The molecule has 122 valence electrons. The highest BCUT2D eigenvalue weighted by Crippen LogP contribution is 2.31. The van der Waals surface area contributed by atoms with Gasteiger partial charge in [0.05, 0.1) is 5.69 Å². The van der Waals surface area contributed by atoms with Gasteiger partial charge < -0.3 is 5.32 Å². The summed E-state index contributed by atoms with van der Waals surface area (Å²) in [5.41, 5.74) is 3.09. The summed E-state index contributed by atoms with van der Waals surface area (Å²) in [5, 5.41) is 3.42. The zero-order valence-electron chi connectivity index (χ0n) is 13.1. The smallest absolute Gasteiger partial charge is 0.283 e. The summed E-state index contributed by atoms with van der Waals surface area (Å²) < 4.78 is 0. The van der Waals surface area contributed by atoms with Crippen LogP contribution in [-0.2, 0) is 9.59 Å². The molecule has 0 unspecified atom stereocenters. The highest BCUT2D eigenvalue weighted by molar-refractivity contribution is 6.53. The molecule has 1 aliphatic rings. The normalized spacial score (nSPS) is 14.6. The van der Waals surface area contributed by atoms with E-state index in [4.69, 9.17) is 23.2 Å². The topological polar surface area (TPSA) is 49.4 Å². The predicted octanol–water partition coefficient (Wildman–Crippen LogP) is 4.39. The maximum Gasteiger partial charge on any atom is 0.283 e. The molecule has 0 atom stereocenters. The second-order valence-electron chi connectivity index (χ2n) is 5.55. The lowest BCUT2D eigenvalue weighted by molar-refractivity contribution is -0.120. The summed E-state index contributed by atoms with van der Waals surface area (Å²) in [7, 11) is 0. The molecule has 0 saturated carbocycles. The fourth-order valence-electron chi connectivity index (χ4n) is 2.44. The number of nitrogens with one attached hydrogen (secondary N) is 1. The molecule has 4 nitrogen and oxygen atoms in total. The molecule has 24 heavy (non-hydrogen) atoms. The van der Waals surface area contributed by atoms with Crippen molar-refractivity contribution >= 4 is 46.4 Å².